The van der Waals surface area contributed by atoms with Gasteiger partial charge in [-0.25, -0.2) is 8.42 Å². The summed E-state index contributed by atoms with van der Waals surface area (Å²) < 4.78 is 23.2. The minimum Gasteiger partial charge on any atom is -0.356 e. The fraction of sp³-hybridized carbons (Fsp3) is 0.722. The number of aliphatic imine (C=N–C) groups is 1. The van der Waals surface area contributed by atoms with Gasteiger partial charge in [-0.05, 0) is 36.6 Å². The molecule has 8 heteroatoms. The van der Waals surface area contributed by atoms with E-state index in [0.29, 0.717) is 18.1 Å². The van der Waals surface area contributed by atoms with E-state index in [1.165, 1.54) is 37.0 Å². The van der Waals surface area contributed by atoms with E-state index in [2.05, 4.69) is 33.1 Å². The molecule has 1 aliphatic carbocycles. The quantitative estimate of drug-likeness (QED) is 0.362. The number of hydrogen-bond acceptors (Lipinski definition) is 4. The summed E-state index contributed by atoms with van der Waals surface area (Å²) in [5.41, 5.74) is 0.209. The lowest BCUT2D eigenvalue weighted by molar-refractivity contribution is 0.296. The Morgan fingerprint density at radius 3 is 2.65 bits per heavy atom. The first-order valence-corrected chi connectivity index (χ1v) is 11.9. The van der Waals surface area contributed by atoms with Crippen molar-refractivity contribution in [2.24, 2.45) is 10.9 Å². The van der Waals surface area contributed by atoms with Gasteiger partial charge in [0.15, 0.2) is 15.8 Å². The molecular weight excluding hydrogens is 481 g/mol. The summed E-state index contributed by atoms with van der Waals surface area (Å²) in [6, 6.07) is 4.40. The fourth-order valence-electron chi connectivity index (χ4n) is 4.07. The maximum Gasteiger partial charge on any atom is 0.191 e. The van der Waals surface area contributed by atoms with Crippen molar-refractivity contribution in [3.05, 3.63) is 22.4 Å². The smallest absolute Gasteiger partial charge is 0.191 e. The molecule has 2 aliphatic rings. The van der Waals surface area contributed by atoms with Gasteiger partial charge < -0.3 is 10.6 Å². The molecule has 0 bridgehead atoms. The number of nitrogens with one attached hydrogen (secondary N) is 2. The normalized spacial score (nSPS) is 24.7. The second kappa shape index (κ2) is 9.73. The van der Waals surface area contributed by atoms with Crippen molar-refractivity contribution in [3.63, 3.8) is 0 Å². The second-order valence-corrected chi connectivity index (χ2v) is 10.6. The Labute approximate surface area is 178 Å². The number of rotatable bonds is 5. The van der Waals surface area contributed by atoms with Crippen LogP contribution in [0.2, 0.25) is 0 Å². The Morgan fingerprint density at radius 1 is 1.31 bits per heavy atom. The van der Waals surface area contributed by atoms with Crippen LogP contribution in [0.1, 0.15) is 43.4 Å². The molecule has 1 aliphatic heterocycles. The molecule has 1 unspecified atom stereocenters. The van der Waals surface area contributed by atoms with Gasteiger partial charge in [0, 0.05) is 30.4 Å². The molecule has 1 saturated heterocycles. The first-order valence-electron chi connectivity index (χ1n) is 9.22. The Balaban J connectivity index is 0.00000243. The standard InChI is InChI=1S/C18H29N3O2S2.HI/c1-19-17(20-12-15-7-11-25(22,23)13-15)21-14-18(8-3-2-4-9-18)16-6-5-10-24-16;/h5-6,10,15H,2-4,7-9,11-14H2,1H3,(H2,19,20,21);1H. The van der Waals surface area contributed by atoms with Gasteiger partial charge in [0.25, 0.3) is 0 Å². The zero-order chi connectivity index (χ0) is 17.8. The van der Waals surface area contributed by atoms with Crippen molar-refractivity contribution >= 4 is 51.1 Å². The lowest BCUT2D eigenvalue weighted by Gasteiger charge is -2.37. The van der Waals surface area contributed by atoms with E-state index in [0.717, 1.165) is 18.9 Å². The van der Waals surface area contributed by atoms with Crippen LogP contribution < -0.4 is 10.6 Å². The summed E-state index contributed by atoms with van der Waals surface area (Å²) in [5.74, 6) is 1.61. The number of thiophene rings is 1. The van der Waals surface area contributed by atoms with Crippen molar-refractivity contribution in [2.45, 2.75) is 43.9 Å². The summed E-state index contributed by atoms with van der Waals surface area (Å²) in [5, 5.41) is 9.00. The van der Waals surface area contributed by atoms with Crippen LogP contribution in [-0.4, -0.2) is 46.0 Å². The second-order valence-electron chi connectivity index (χ2n) is 7.39. The van der Waals surface area contributed by atoms with Gasteiger partial charge in [0.05, 0.1) is 11.5 Å². The number of sulfone groups is 1. The highest BCUT2D eigenvalue weighted by molar-refractivity contribution is 14.0. The molecule has 2 fully saturated rings. The third-order valence-corrected chi connectivity index (χ3v) is 8.51. The van der Waals surface area contributed by atoms with Crippen molar-refractivity contribution < 1.29 is 8.42 Å². The van der Waals surface area contributed by atoms with Gasteiger partial charge in [-0.2, -0.15) is 0 Å². The van der Waals surface area contributed by atoms with Crippen molar-refractivity contribution in [1.29, 1.82) is 0 Å². The SMILES string of the molecule is CN=C(NCC1CCS(=O)(=O)C1)NCC1(c2cccs2)CCCCC1.I. The molecule has 5 nitrogen and oxygen atoms in total. The maximum atomic E-state index is 11.6. The predicted molar refractivity (Wildman–Crippen MR) is 121 cm³/mol. The van der Waals surface area contributed by atoms with Gasteiger partial charge in [0.1, 0.15) is 0 Å². The predicted octanol–water partition coefficient (Wildman–Crippen LogP) is 3.17. The number of guanidine groups is 1. The molecule has 0 spiro atoms. The van der Waals surface area contributed by atoms with E-state index in [-0.39, 0.29) is 35.3 Å². The Hall–Kier alpha value is -0.350. The van der Waals surface area contributed by atoms with Crippen LogP contribution in [0.15, 0.2) is 22.5 Å². The maximum absolute atomic E-state index is 11.6. The molecule has 2 heterocycles. The van der Waals surface area contributed by atoms with Crippen LogP contribution in [0, 0.1) is 5.92 Å². The average Bonchev–Trinajstić information content (AvgIpc) is 3.26. The molecule has 3 rings (SSSR count). The van der Waals surface area contributed by atoms with E-state index in [1.807, 2.05) is 11.3 Å². The highest BCUT2D eigenvalue weighted by atomic mass is 127. The molecule has 0 aromatic carbocycles. The topological polar surface area (TPSA) is 70.6 Å². The first kappa shape index (κ1) is 21.9. The third kappa shape index (κ3) is 5.58. The van der Waals surface area contributed by atoms with Gasteiger partial charge in [-0.1, -0.05) is 25.3 Å². The molecule has 2 N–H and O–H groups in total. The van der Waals surface area contributed by atoms with Crippen molar-refractivity contribution in [2.75, 3.05) is 31.6 Å². The number of hydrogen-bond donors (Lipinski definition) is 2. The van der Waals surface area contributed by atoms with Gasteiger partial charge in [0.2, 0.25) is 0 Å². The van der Waals surface area contributed by atoms with E-state index >= 15 is 0 Å². The van der Waals surface area contributed by atoms with E-state index in [1.54, 1.807) is 7.05 Å². The summed E-state index contributed by atoms with van der Waals surface area (Å²) in [6.07, 6.45) is 7.09. The highest BCUT2D eigenvalue weighted by Crippen LogP contribution is 2.41. The Kier molecular flexibility index (Phi) is 8.21. The molecule has 1 saturated carbocycles. The molecule has 1 aromatic rings. The van der Waals surface area contributed by atoms with Crippen LogP contribution >= 0.6 is 35.3 Å². The fourth-order valence-corrected chi connectivity index (χ4v) is 6.92. The minimum atomic E-state index is -2.82. The molecule has 26 heavy (non-hydrogen) atoms. The number of halogens is 1. The third-order valence-electron chi connectivity index (χ3n) is 5.56. The molecule has 0 radical (unpaired) electrons. The van der Waals surface area contributed by atoms with Gasteiger partial charge in [-0.15, -0.1) is 35.3 Å². The molecule has 148 valence electrons. The van der Waals surface area contributed by atoms with E-state index in [4.69, 9.17) is 0 Å². The van der Waals surface area contributed by atoms with Crippen LogP contribution in [0.4, 0.5) is 0 Å². The lowest BCUT2D eigenvalue weighted by atomic mass is 9.73. The summed E-state index contributed by atoms with van der Waals surface area (Å²) in [7, 11) is -1.04. The molecular formula is C18H30IN3O2S2. The largest absolute Gasteiger partial charge is 0.356 e. The average molecular weight is 511 g/mol. The number of nitrogens with zero attached hydrogens (tertiary/aromatic N) is 1. The molecule has 1 aromatic heterocycles. The molecule has 0 amide bonds. The van der Waals surface area contributed by atoms with Crippen LogP contribution in [0.25, 0.3) is 0 Å². The van der Waals surface area contributed by atoms with Crippen LogP contribution in [0.3, 0.4) is 0 Å². The van der Waals surface area contributed by atoms with Crippen molar-refractivity contribution in [3.8, 4) is 0 Å². The van der Waals surface area contributed by atoms with E-state index < -0.39 is 9.84 Å². The monoisotopic (exact) mass is 511 g/mol. The summed E-state index contributed by atoms with van der Waals surface area (Å²) in [6.45, 7) is 1.56. The van der Waals surface area contributed by atoms with Crippen LogP contribution in [-0.2, 0) is 15.3 Å². The Morgan fingerprint density at radius 2 is 2.08 bits per heavy atom. The Bertz CT molecular complexity index is 683. The van der Waals surface area contributed by atoms with Gasteiger partial charge >= 0.3 is 0 Å². The lowest BCUT2D eigenvalue weighted by Crippen LogP contribution is -2.47. The van der Waals surface area contributed by atoms with Crippen molar-refractivity contribution in [1.82, 2.24) is 10.6 Å². The zero-order valence-electron chi connectivity index (χ0n) is 15.4. The first-order chi connectivity index (χ1) is 12.0. The van der Waals surface area contributed by atoms with Gasteiger partial charge in [-0.3, -0.25) is 4.99 Å². The molecule has 1 atom stereocenters. The zero-order valence-corrected chi connectivity index (χ0v) is 19.3. The minimum absolute atomic E-state index is 0. The van der Waals surface area contributed by atoms with E-state index in [9.17, 15) is 8.42 Å². The van der Waals surface area contributed by atoms with Crippen LogP contribution in [0.5, 0.6) is 0 Å². The summed E-state index contributed by atoms with van der Waals surface area (Å²) in [4.78, 5) is 5.80. The highest BCUT2D eigenvalue weighted by Gasteiger charge is 2.35. The summed E-state index contributed by atoms with van der Waals surface area (Å²) >= 11 is 1.85.